The highest BCUT2D eigenvalue weighted by Gasteiger charge is 2.27. The lowest BCUT2D eigenvalue weighted by atomic mass is 10.00. The van der Waals surface area contributed by atoms with Crippen LogP contribution < -0.4 is 9.47 Å². The lowest BCUT2D eigenvalue weighted by molar-refractivity contribution is 0.0640. The monoisotopic (exact) mass is 307 g/mol. The Bertz CT molecular complexity index is 556. The molecule has 1 aromatic carbocycles. The molecule has 0 aliphatic heterocycles. The molecule has 5 nitrogen and oxygen atoms in total. The largest absolute Gasteiger partial charge is 0.496 e. The average Bonchev–Trinajstić information content (AvgIpc) is 2.45. The number of hydrogen-bond acceptors (Lipinski definition) is 4. The maximum absolute atomic E-state index is 12.9. The van der Waals surface area contributed by atoms with Crippen molar-refractivity contribution in [3.8, 4) is 11.5 Å². The van der Waals surface area contributed by atoms with Crippen LogP contribution in [0, 0.1) is 6.92 Å². The summed E-state index contributed by atoms with van der Waals surface area (Å²) in [7, 11) is 3.00. The quantitative estimate of drug-likeness (QED) is 0.758. The summed E-state index contributed by atoms with van der Waals surface area (Å²) in [6.45, 7) is 9.58. The van der Waals surface area contributed by atoms with Crippen molar-refractivity contribution >= 4 is 12.2 Å². The molecule has 5 heteroatoms. The molecule has 0 aliphatic rings. The van der Waals surface area contributed by atoms with E-state index in [2.05, 4.69) is 0 Å². The maximum atomic E-state index is 12.9. The second-order valence-corrected chi connectivity index (χ2v) is 5.72. The van der Waals surface area contributed by atoms with Gasteiger partial charge >= 0.3 is 0 Å². The van der Waals surface area contributed by atoms with E-state index < -0.39 is 0 Å². The number of carbonyl (C=O) groups is 2. The molecule has 1 aromatic rings. The molecule has 1 amide bonds. The number of aldehydes is 1. The number of ether oxygens (including phenoxy) is 2. The first-order valence-corrected chi connectivity index (χ1v) is 7.33. The summed E-state index contributed by atoms with van der Waals surface area (Å²) in [6.07, 6.45) is 0.664. The molecule has 1 rings (SSSR count). The molecule has 0 N–H and O–H groups in total. The van der Waals surface area contributed by atoms with Crippen molar-refractivity contribution in [2.24, 2.45) is 0 Å². The molecule has 0 saturated carbocycles. The number of carbonyl (C=O) groups excluding carboxylic acids is 2. The summed E-state index contributed by atoms with van der Waals surface area (Å²) >= 11 is 0. The lowest BCUT2D eigenvalue weighted by Crippen LogP contribution is -2.42. The highest BCUT2D eigenvalue weighted by Crippen LogP contribution is 2.34. The Hall–Kier alpha value is -2.04. The third-order valence-electron chi connectivity index (χ3n) is 3.64. The first kappa shape index (κ1) is 18.0. The van der Waals surface area contributed by atoms with E-state index in [0.717, 1.165) is 0 Å². The van der Waals surface area contributed by atoms with E-state index in [1.807, 2.05) is 27.7 Å². The van der Waals surface area contributed by atoms with E-state index in [1.54, 1.807) is 17.9 Å². The normalized spacial score (nSPS) is 10.8. The smallest absolute Gasteiger partial charge is 0.255 e. The van der Waals surface area contributed by atoms with Gasteiger partial charge < -0.3 is 14.4 Å². The van der Waals surface area contributed by atoms with Crippen molar-refractivity contribution in [1.82, 2.24) is 4.90 Å². The molecule has 0 saturated heterocycles. The third kappa shape index (κ3) is 3.24. The Labute approximate surface area is 132 Å². The highest BCUT2D eigenvalue weighted by molar-refractivity contribution is 6.04. The molecule has 0 fully saturated rings. The van der Waals surface area contributed by atoms with Gasteiger partial charge in [-0.25, -0.2) is 0 Å². The summed E-state index contributed by atoms with van der Waals surface area (Å²) < 4.78 is 10.6. The fraction of sp³-hybridized carbons (Fsp3) is 0.529. The van der Waals surface area contributed by atoms with Crippen molar-refractivity contribution in [3.05, 3.63) is 22.8 Å². The van der Waals surface area contributed by atoms with Crippen LogP contribution in [0.2, 0.25) is 0 Å². The second kappa shape index (κ2) is 7.29. The molecular formula is C17H25NO4. The zero-order valence-electron chi connectivity index (χ0n) is 14.4. The molecule has 0 unspecified atom stereocenters. The SMILES string of the molecule is COc1cc(C(=O)N(C(C)C)C(C)C)c(C=O)c(OC)c1C. The number of amides is 1. The van der Waals surface area contributed by atoms with Gasteiger partial charge in [0.2, 0.25) is 0 Å². The van der Waals surface area contributed by atoms with Crippen LogP contribution in [-0.4, -0.2) is 43.4 Å². The summed E-state index contributed by atoms with van der Waals surface area (Å²) in [5, 5.41) is 0. The molecular weight excluding hydrogens is 282 g/mol. The van der Waals surface area contributed by atoms with Gasteiger partial charge in [0.05, 0.1) is 25.3 Å². The Morgan fingerprint density at radius 3 is 2.05 bits per heavy atom. The summed E-state index contributed by atoms with van der Waals surface area (Å²) in [5.74, 6) is 0.701. The Morgan fingerprint density at radius 1 is 1.14 bits per heavy atom. The number of nitrogens with zero attached hydrogens (tertiary/aromatic N) is 1. The summed E-state index contributed by atoms with van der Waals surface area (Å²) in [6, 6.07) is 1.65. The standard InChI is InChI=1S/C17H25NO4/c1-10(2)18(11(3)4)17(20)13-8-15(21-6)12(5)16(22-7)14(13)9-19/h8-11H,1-7H3. The maximum Gasteiger partial charge on any atom is 0.255 e. The molecule has 0 bridgehead atoms. The predicted octanol–water partition coefficient (Wildman–Crippen LogP) is 3.08. The van der Waals surface area contributed by atoms with Crippen LogP contribution in [0.5, 0.6) is 11.5 Å². The highest BCUT2D eigenvalue weighted by atomic mass is 16.5. The van der Waals surface area contributed by atoms with Crippen molar-refractivity contribution in [2.45, 2.75) is 46.7 Å². The van der Waals surface area contributed by atoms with Gasteiger partial charge in [0.25, 0.3) is 5.91 Å². The predicted molar refractivity (Wildman–Crippen MR) is 86.1 cm³/mol. The van der Waals surface area contributed by atoms with Gasteiger partial charge in [-0.15, -0.1) is 0 Å². The van der Waals surface area contributed by atoms with Gasteiger partial charge in [0.1, 0.15) is 11.5 Å². The van der Waals surface area contributed by atoms with Gasteiger partial charge in [-0.2, -0.15) is 0 Å². The van der Waals surface area contributed by atoms with E-state index in [0.29, 0.717) is 28.9 Å². The van der Waals surface area contributed by atoms with E-state index >= 15 is 0 Å². The van der Waals surface area contributed by atoms with Gasteiger partial charge in [-0.05, 0) is 40.7 Å². The van der Waals surface area contributed by atoms with Gasteiger partial charge in [0, 0.05) is 17.6 Å². The number of rotatable bonds is 6. The van der Waals surface area contributed by atoms with E-state index in [-0.39, 0.29) is 23.6 Å². The van der Waals surface area contributed by atoms with Crippen LogP contribution in [0.4, 0.5) is 0 Å². The van der Waals surface area contributed by atoms with E-state index in [9.17, 15) is 9.59 Å². The van der Waals surface area contributed by atoms with Crippen LogP contribution in [0.15, 0.2) is 6.07 Å². The molecule has 0 spiro atoms. The molecule has 22 heavy (non-hydrogen) atoms. The lowest BCUT2D eigenvalue weighted by Gasteiger charge is -2.31. The van der Waals surface area contributed by atoms with Crippen molar-refractivity contribution in [2.75, 3.05) is 14.2 Å². The van der Waals surface area contributed by atoms with Gasteiger partial charge in [-0.3, -0.25) is 9.59 Å². The number of hydrogen-bond donors (Lipinski definition) is 0. The van der Waals surface area contributed by atoms with E-state index in [4.69, 9.17) is 9.47 Å². The van der Waals surface area contributed by atoms with Gasteiger partial charge in [-0.1, -0.05) is 0 Å². The van der Waals surface area contributed by atoms with Crippen molar-refractivity contribution < 1.29 is 19.1 Å². The minimum Gasteiger partial charge on any atom is -0.496 e. The second-order valence-electron chi connectivity index (χ2n) is 5.72. The Balaban J connectivity index is 3.58. The zero-order chi connectivity index (χ0) is 17.0. The zero-order valence-corrected chi connectivity index (χ0v) is 14.4. The minimum atomic E-state index is -0.205. The molecule has 0 atom stereocenters. The first-order valence-electron chi connectivity index (χ1n) is 7.33. The molecule has 0 heterocycles. The topological polar surface area (TPSA) is 55.8 Å². The van der Waals surface area contributed by atoms with Crippen LogP contribution in [0.3, 0.4) is 0 Å². The Morgan fingerprint density at radius 2 is 1.68 bits per heavy atom. The summed E-state index contributed by atoms with van der Waals surface area (Å²) in [4.78, 5) is 26.2. The van der Waals surface area contributed by atoms with E-state index in [1.165, 1.54) is 14.2 Å². The minimum absolute atomic E-state index is 0.0188. The fourth-order valence-electron chi connectivity index (χ4n) is 2.73. The number of methoxy groups -OCH3 is 2. The van der Waals surface area contributed by atoms with Crippen LogP contribution >= 0.6 is 0 Å². The molecule has 0 radical (unpaired) electrons. The average molecular weight is 307 g/mol. The van der Waals surface area contributed by atoms with Crippen LogP contribution in [0.25, 0.3) is 0 Å². The third-order valence-corrected chi connectivity index (χ3v) is 3.64. The molecule has 0 aromatic heterocycles. The number of benzene rings is 1. The first-order chi connectivity index (χ1) is 10.3. The molecule has 0 aliphatic carbocycles. The van der Waals surface area contributed by atoms with Gasteiger partial charge in [0.15, 0.2) is 6.29 Å². The van der Waals surface area contributed by atoms with Crippen molar-refractivity contribution in [3.63, 3.8) is 0 Å². The fourth-order valence-corrected chi connectivity index (χ4v) is 2.73. The molecule has 122 valence electrons. The summed E-state index contributed by atoms with van der Waals surface area (Å²) in [5.41, 5.74) is 1.26. The van der Waals surface area contributed by atoms with Crippen LogP contribution in [0.1, 0.15) is 54.0 Å². The Kier molecular flexibility index (Phi) is 5.97. The van der Waals surface area contributed by atoms with Crippen LogP contribution in [-0.2, 0) is 0 Å². The van der Waals surface area contributed by atoms with Crippen molar-refractivity contribution in [1.29, 1.82) is 0 Å².